The Morgan fingerprint density at radius 1 is 1.44 bits per heavy atom. The highest BCUT2D eigenvalue weighted by molar-refractivity contribution is 6.32. The van der Waals surface area contributed by atoms with Crippen LogP contribution in [0.2, 0.25) is 5.02 Å². The average molecular weight is 265 g/mol. The van der Waals surface area contributed by atoms with Crippen LogP contribution in [0, 0.1) is 0 Å². The number of benzene rings is 1. The molecule has 3 rings (SSSR count). The quantitative estimate of drug-likeness (QED) is 0.924. The fraction of sp³-hybridized carbons (Fsp3) is 0.333. The van der Waals surface area contributed by atoms with E-state index in [2.05, 4.69) is 10.3 Å². The number of hydrogen-bond acceptors (Lipinski definition) is 4. The number of methoxy groups -OCH3 is 1. The molecule has 0 radical (unpaired) electrons. The first-order chi connectivity index (χ1) is 8.70. The normalized spacial score (nSPS) is 14.8. The fourth-order valence-corrected chi connectivity index (χ4v) is 2.21. The third-order valence-electron chi connectivity index (χ3n) is 3.08. The monoisotopic (exact) mass is 264 g/mol. The number of nitrogen functional groups attached to an aromatic ring is 1. The minimum Gasteiger partial charge on any atom is -0.495 e. The second kappa shape index (κ2) is 4.17. The summed E-state index contributed by atoms with van der Waals surface area (Å²) in [4.78, 5) is 0. The number of ether oxygens (including phenoxy) is 1. The zero-order valence-electron chi connectivity index (χ0n) is 9.93. The summed E-state index contributed by atoms with van der Waals surface area (Å²) in [5, 5.41) is 8.62. The van der Waals surface area contributed by atoms with Crippen molar-refractivity contribution in [2.75, 3.05) is 12.8 Å². The smallest absolute Gasteiger partial charge is 0.169 e. The molecule has 94 valence electrons. The minimum absolute atomic E-state index is 0.474. The summed E-state index contributed by atoms with van der Waals surface area (Å²) in [5.74, 6) is 1.60. The van der Waals surface area contributed by atoms with Gasteiger partial charge in [-0.05, 0) is 25.0 Å². The second-order valence-corrected chi connectivity index (χ2v) is 4.77. The molecule has 1 fully saturated rings. The Morgan fingerprint density at radius 3 is 2.89 bits per heavy atom. The van der Waals surface area contributed by atoms with E-state index in [0.29, 0.717) is 22.5 Å². The molecule has 0 atom stereocenters. The lowest BCUT2D eigenvalue weighted by molar-refractivity contribution is 0.414. The van der Waals surface area contributed by atoms with Gasteiger partial charge >= 0.3 is 0 Å². The Kier molecular flexibility index (Phi) is 2.63. The predicted octanol–water partition coefficient (Wildman–Crippen LogP) is 2.39. The number of aromatic nitrogens is 3. The van der Waals surface area contributed by atoms with E-state index in [0.717, 1.165) is 24.2 Å². The Labute approximate surface area is 109 Å². The Hall–Kier alpha value is -1.75. The highest BCUT2D eigenvalue weighted by atomic mass is 35.5. The van der Waals surface area contributed by atoms with E-state index in [1.807, 2.05) is 12.1 Å². The molecule has 1 saturated carbocycles. The summed E-state index contributed by atoms with van der Waals surface area (Å²) >= 11 is 6.01. The van der Waals surface area contributed by atoms with Gasteiger partial charge in [0.05, 0.1) is 23.5 Å². The summed E-state index contributed by atoms with van der Waals surface area (Å²) in [6.07, 6.45) is 2.28. The summed E-state index contributed by atoms with van der Waals surface area (Å²) in [5.41, 5.74) is 7.72. The Balaban J connectivity index is 2.09. The molecule has 0 saturated heterocycles. The van der Waals surface area contributed by atoms with E-state index in [4.69, 9.17) is 22.1 Å². The van der Waals surface area contributed by atoms with Gasteiger partial charge in [-0.15, -0.1) is 5.10 Å². The van der Waals surface area contributed by atoms with E-state index < -0.39 is 0 Å². The zero-order valence-corrected chi connectivity index (χ0v) is 10.7. The molecule has 1 aromatic carbocycles. The van der Waals surface area contributed by atoms with Crippen LogP contribution in [0.25, 0.3) is 5.69 Å². The molecule has 5 nitrogen and oxygen atoms in total. The van der Waals surface area contributed by atoms with Crippen LogP contribution >= 0.6 is 11.6 Å². The molecule has 1 aliphatic rings. The predicted molar refractivity (Wildman–Crippen MR) is 69.3 cm³/mol. The van der Waals surface area contributed by atoms with Crippen molar-refractivity contribution in [2.24, 2.45) is 0 Å². The van der Waals surface area contributed by atoms with Gasteiger partial charge < -0.3 is 10.5 Å². The van der Waals surface area contributed by atoms with Crippen molar-refractivity contribution in [2.45, 2.75) is 18.8 Å². The minimum atomic E-state index is 0.474. The number of anilines is 1. The molecule has 1 aromatic heterocycles. The molecule has 0 aliphatic heterocycles. The topological polar surface area (TPSA) is 66.0 Å². The lowest BCUT2D eigenvalue weighted by Gasteiger charge is -2.08. The third kappa shape index (κ3) is 1.80. The largest absolute Gasteiger partial charge is 0.495 e. The Bertz CT molecular complexity index is 592. The first-order valence-corrected chi connectivity index (χ1v) is 6.13. The maximum Gasteiger partial charge on any atom is 0.169 e. The number of halogens is 1. The standard InChI is InChI=1S/C12H13ClN4O/c1-18-10-6-8(4-5-9(10)13)17-11(7-2-3-7)12(14)15-16-17/h4-7H,2-3,14H2,1H3. The fourth-order valence-electron chi connectivity index (χ4n) is 2.01. The number of nitrogens with zero attached hydrogens (tertiary/aromatic N) is 3. The van der Waals surface area contributed by atoms with Gasteiger partial charge in [-0.25, -0.2) is 4.68 Å². The zero-order chi connectivity index (χ0) is 12.7. The molecule has 2 N–H and O–H groups in total. The lowest BCUT2D eigenvalue weighted by atomic mass is 10.2. The van der Waals surface area contributed by atoms with E-state index in [1.165, 1.54) is 0 Å². The molecular weight excluding hydrogens is 252 g/mol. The van der Waals surface area contributed by atoms with Crippen LogP contribution in [-0.4, -0.2) is 22.1 Å². The van der Waals surface area contributed by atoms with Gasteiger partial charge in [-0.1, -0.05) is 16.8 Å². The van der Waals surface area contributed by atoms with Crippen molar-refractivity contribution < 1.29 is 4.74 Å². The highest BCUT2D eigenvalue weighted by Crippen LogP contribution is 2.43. The number of hydrogen-bond donors (Lipinski definition) is 1. The van der Waals surface area contributed by atoms with E-state index in [-0.39, 0.29) is 0 Å². The molecule has 1 heterocycles. The summed E-state index contributed by atoms with van der Waals surface area (Å²) in [6.45, 7) is 0. The first-order valence-electron chi connectivity index (χ1n) is 5.75. The van der Waals surface area contributed by atoms with Crippen molar-refractivity contribution in [3.05, 3.63) is 28.9 Å². The maximum atomic E-state index is 6.01. The van der Waals surface area contributed by atoms with Crippen LogP contribution in [0.3, 0.4) is 0 Å². The second-order valence-electron chi connectivity index (χ2n) is 4.36. The summed E-state index contributed by atoms with van der Waals surface area (Å²) in [7, 11) is 1.59. The molecule has 0 unspecified atom stereocenters. The van der Waals surface area contributed by atoms with Crippen molar-refractivity contribution in [3.63, 3.8) is 0 Å². The molecule has 1 aliphatic carbocycles. The lowest BCUT2D eigenvalue weighted by Crippen LogP contribution is -2.03. The van der Waals surface area contributed by atoms with Gasteiger partial charge in [0.25, 0.3) is 0 Å². The van der Waals surface area contributed by atoms with Crippen molar-refractivity contribution in [1.29, 1.82) is 0 Å². The van der Waals surface area contributed by atoms with Crippen LogP contribution in [0.4, 0.5) is 5.82 Å². The van der Waals surface area contributed by atoms with Crippen LogP contribution in [0.1, 0.15) is 24.5 Å². The van der Waals surface area contributed by atoms with Crippen molar-refractivity contribution >= 4 is 17.4 Å². The van der Waals surface area contributed by atoms with Gasteiger partial charge in [0.15, 0.2) is 5.82 Å². The molecule has 0 amide bonds. The molecule has 18 heavy (non-hydrogen) atoms. The van der Waals surface area contributed by atoms with Gasteiger partial charge in [0, 0.05) is 12.0 Å². The van der Waals surface area contributed by atoms with Crippen molar-refractivity contribution in [1.82, 2.24) is 15.0 Å². The summed E-state index contributed by atoms with van der Waals surface area (Å²) in [6, 6.07) is 5.50. The van der Waals surface area contributed by atoms with Gasteiger partial charge in [-0.2, -0.15) is 0 Å². The Morgan fingerprint density at radius 2 is 2.22 bits per heavy atom. The molecule has 6 heteroatoms. The average Bonchev–Trinajstić information content (AvgIpc) is 3.13. The van der Waals surface area contributed by atoms with Crippen LogP contribution in [0.5, 0.6) is 5.75 Å². The SMILES string of the molecule is COc1cc(-n2nnc(N)c2C2CC2)ccc1Cl. The van der Waals surface area contributed by atoms with E-state index >= 15 is 0 Å². The van der Waals surface area contributed by atoms with Gasteiger partial charge in [0.1, 0.15) is 5.75 Å². The number of nitrogens with two attached hydrogens (primary N) is 1. The molecular formula is C12H13ClN4O. The third-order valence-corrected chi connectivity index (χ3v) is 3.39. The van der Waals surface area contributed by atoms with Crippen LogP contribution < -0.4 is 10.5 Å². The highest BCUT2D eigenvalue weighted by Gasteiger charge is 2.31. The van der Waals surface area contributed by atoms with Crippen molar-refractivity contribution in [3.8, 4) is 11.4 Å². The molecule has 0 bridgehead atoms. The maximum absolute atomic E-state index is 6.01. The van der Waals surface area contributed by atoms with E-state index in [1.54, 1.807) is 17.9 Å². The van der Waals surface area contributed by atoms with Gasteiger partial charge in [0.2, 0.25) is 0 Å². The van der Waals surface area contributed by atoms with E-state index in [9.17, 15) is 0 Å². The molecule has 0 spiro atoms. The van der Waals surface area contributed by atoms with Gasteiger partial charge in [-0.3, -0.25) is 0 Å². The van der Waals surface area contributed by atoms with Crippen LogP contribution in [-0.2, 0) is 0 Å². The van der Waals surface area contributed by atoms with Crippen LogP contribution in [0.15, 0.2) is 18.2 Å². The summed E-state index contributed by atoms with van der Waals surface area (Å²) < 4.78 is 6.97. The molecule has 2 aromatic rings. The number of rotatable bonds is 3. The first kappa shape index (κ1) is 11.3.